The Morgan fingerprint density at radius 2 is 1.56 bits per heavy atom. The highest BCUT2D eigenvalue weighted by Crippen LogP contribution is 2.28. The predicted octanol–water partition coefficient (Wildman–Crippen LogP) is 5.96. The van der Waals surface area contributed by atoms with Gasteiger partial charge < -0.3 is 5.32 Å². The van der Waals surface area contributed by atoms with Crippen molar-refractivity contribution in [1.29, 1.82) is 0 Å². The van der Waals surface area contributed by atoms with Gasteiger partial charge in [-0.05, 0) is 48.1 Å². The monoisotopic (exact) mass is 325 g/mol. The largest absolute Gasteiger partial charge is 0.359 e. The van der Waals surface area contributed by atoms with Gasteiger partial charge in [0, 0.05) is 17.3 Å². The third-order valence-electron chi connectivity index (χ3n) is 4.93. The summed E-state index contributed by atoms with van der Waals surface area (Å²) in [5, 5.41) is 3.59. The molecule has 25 heavy (non-hydrogen) atoms. The van der Waals surface area contributed by atoms with Crippen LogP contribution in [0, 0.1) is 0 Å². The predicted molar refractivity (Wildman–Crippen MR) is 106 cm³/mol. The van der Waals surface area contributed by atoms with E-state index in [9.17, 15) is 0 Å². The van der Waals surface area contributed by atoms with Crippen LogP contribution in [0.5, 0.6) is 0 Å². The lowest BCUT2D eigenvalue weighted by atomic mass is 9.91. The molecule has 0 radical (unpaired) electrons. The molecule has 1 nitrogen and oxygen atoms in total. The first-order valence-electron chi connectivity index (χ1n) is 9.04. The standard InChI is InChI=1S/C24H23N/c1-3-7-19(8-4-1)21-11-15-23(16-12-21)25-24-17-13-22(14-18-24)20-9-5-2-6-10-20/h1-11,13,15-17,21,25H,12,14,18H2/t21-/m1/s1. The first kappa shape index (κ1) is 15.7. The number of allylic oxidation sites excluding steroid dienone is 7. The van der Waals surface area contributed by atoms with Crippen molar-refractivity contribution in [3.63, 3.8) is 0 Å². The van der Waals surface area contributed by atoms with Crippen molar-refractivity contribution in [3.05, 3.63) is 114 Å². The van der Waals surface area contributed by atoms with Crippen LogP contribution in [0.15, 0.2) is 102 Å². The minimum absolute atomic E-state index is 0.497. The van der Waals surface area contributed by atoms with Crippen molar-refractivity contribution < 1.29 is 0 Å². The van der Waals surface area contributed by atoms with Crippen LogP contribution in [0.4, 0.5) is 0 Å². The van der Waals surface area contributed by atoms with Gasteiger partial charge in [0.15, 0.2) is 0 Å². The lowest BCUT2D eigenvalue weighted by molar-refractivity contribution is 0.803. The highest BCUT2D eigenvalue weighted by atomic mass is 14.9. The Hall–Kier alpha value is -2.80. The molecular weight excluding hydrogens is 302 g/mol. The maximum absolute atomic E-state index is 3.59. The van der Waals surface area contributed by atoms with Crippen molar-refractivity contribution in [2.45, 2.75) is 25.2 Å². The molecule has 0 amide bonds. The van der Waals surface area contributed by atoms with Crippen molar-refractivity contribution >= 4 is 5.57 Å². The quantitative estimate of drug-likeness (QED) is 0.731. The summed E-state index contributed by atoms with van der Waals surface area (Å²) in [6, 6.07) is 21.4. The SMILES string of the molecule is C1=C[C@@H](c2ccccc2)CC=C1NC1=CC=C(c2ccccc2)CC1. The zero-order valence-corrected chi connectivity index (χ0v) is 14.4. The summed E-state index contributed by atoms with van der Waals surface area (Å²) in [6.07, 6.45) is 14.5. The maximum Gasteiger partial charge on any atom is 0.0338 e. The average Bonchev–Trinajstić information content (AvgIpc) is 2.71. The van der Waals surface area contributed by atoms with Crippen LogP contribution < -0.4 is 5.32 Å². The summed E-state index contributed by atoms with van der Waals surface area (Å²) >= 11 is 0. The van der Waals surface area contributed by atoms with Gasteiger partial charge in [-0.2, -0.15) is 0 Å². The van der Waals surface area contributed by atoms with Gasteiger partial charge in [-0.25, -0.2) is 0 Å². The third-order valence-corrected chi connectivity index (χ3v) is 4.93. The lowest BCUT2D eigenvalue weighted by Crippen LogP contribution is -2.15. The van der Waals surface area contributed by atoms with Crippen LogP contribution >= 0.6 is 0 Å². The molecule has 1 N–H and O–H groups in total. The Balaban J connectivity index is 1.39. The fraction of sp³-hybridized carbons (Fsp3) is 0.167. The van der Waals surface area contributed by atoms with Gasteiger partial charge in [-0.3, -0.25) is 0 Å². The van der Waals surface area contributed by atoms with E-state index in [4.69, 9.17) is 0 Å². The first-order valence-corrected chi connectivity index (χ1v) is 9.04. The molecule has 4 rings (SSSR count). The fourth-order valence-corrected chi connectivity index (χ4v) is 3.48. The molecule has 0 fully saturated rings. The summed E-state index contributed by atoms with van der Waals surface area (Å²) < 4.78 is 0. The number of rotatable bonds is 4. The van der Waals surface area contributed by atoms with Gasteiger partial charge in [0.05, 0.1) is 0 Å². The van der Waals surface area contributed by atoms with Crippen molar-refractivity contribution in [2.24, 2.45) is 0 Å². The number of nitrogens with one attached hydrogen (secondary N) is 1. The number of hydrogen-bond donors (Lipinski definition) is 1. The lowest BCUT2D eigenvalue weighted by Gasteiger charge is -2.21. The normalized spacial score (nSPS) is 19.7. The van der Waals surface area contributed by atoms with Gasteiger partial charge >= 0.3 is 0 Å². The van der Waals surface area contributed by atoms with E-state index in [0.717, 1.165) is 19.3 Å². The highest BCUT2D eigenvalue weighted by Gasteiger charge is 2.13. The molecule has 0 aliphatic heterocycles. The topological polar surface area (TPSA) is 12.0 Å². The van der Waals surface area contributed by atoms with E-state index < -0.39 is 0 Å². The van der Waals surface area contributed by atoms with E-state index in [1.807, 2.05) is 0 Å². The Kier molecular flexibility index (Phi) is 4.65. The second-order valence-electron chi connectivity index (χ2n) is 6.65. The molecule has 2 aliphatic carbocycles. The molecule has 0 bridgehead atoms. The van der Waals surface area contributed by atoms with Gasteiger partial charge in [0.1, 0.15) is 0 Å². The molecule has 1 heteroatoms. The van der Waals surface area contributed by atoms with Gasteiger partial charge in [0.25, 0.3) is 0 Å². The van der Waals surface area contributed by atoms with Crippen LogP contribution in [0.2, 0.25) is 0 Å². The molecule has 0 aromatic heterocycles. The van der Waals surface area contributed by atoms with Crippen molar-refractivity contribution in [2.75, 3.05) is 0 Å². The molecular formula is C24H23N. The minimum atomic E-state index is 0.497. The van der Waals surface area contributed by atoms with Crippen LogP contribution in [-0.2, 0) is 0 Å². The molecule has 2 aliphatic rings. The average molecular weight is 325 g/mol. The molecule has 0 unspecified atom stereocenters. The van der Waals surface area contributed by atoms with Crippen molar-refractivity contribution in [3.8, 4) is 0 Å². The zero-order chi connectivity index (χ0) is 16.9. The third kappa shape index (κ3) is 3.83. The molecule has 2 aromatic carbocycles. The van der Waals surface area contributed by atoms with E-state index in [-0.39, 0.29) is 0 Å². The molecule has 2 aromatic rings. The van der Waals surface area contributed by atoms with Crippen molar-refractivity contribution in [1.82, 2.24) is 5.32 Å². The summed E-state index contributed by atoms with van der Waals surface area (Å²) in [6.45, 7) is 0. The van der Waals surface area contributed by atoms with E-state index in [0.29, 0.717) is 5.92 Å². The van der Waals surface area contributed by atoms with E-state index in [1.54, 1.807) is 0 Å². The zero-order valence-electron chi connectivity index (χ0n) is 14.4. The highest BCUT2D eigenvalue weighted by molar-refractivity contribution is 5.68. The Morgan fingerprint density at radius 1 is 0.800 bits per heavy atom. The summed E-state index contributed by atoms with van der Waals surface area (Å²) in [7, 11) is 0. The smallest absolute Gasteiger partial charge is 0.0338 e. The van der Waals surface area contributed by atoms with Gasteiger partial charge in [-0.1, -0.05) is 78.9 Å². The fourth-order valence-electron chi connectivity index (χ4n) is 3.48. The number of benzene rings is 2. The van der Waals surface area contributed by atoms with Crippen LogP contribution in [-0.4, -0.2) is 0 Å². The Morgan fingerprint density at radius 3 is 2.20 bits per heavy atom. The minimum Gasteiger partial charge on any atom is -0.359 e. The number of hydrogen-bond acceptors (Lipinski definition) is 1. The first-order chi connectivity index (χ1) is 12.4. The molecule has 1 atom stereocenters. The van der Waals surface area contributed by atoms with Crippen LogP contribution in [0.25, 0.3) is 5.57 Å². The second kappa shape index (κ2) is 7.40. The Labute approximate surface area is 150 Å². The summed E-state index contributed by atoms with van der Waals surface area (Å²) in [5.41, 5.74) is 6.66. The second-order valence-corrected chi connectivity index (χ2v) is 6.65. The maximum atomic E-state index is 3.59. The summed E-state index contributed by atoms with van der Waals surface area (Å²) in [4.78, 5) is 0. The molecule has 0 saturated heterocycles. The molecule has 124 valence electrons. The molecule has 0 heterocycles. The van der Waals surface area contributed by atoms with E-state index in [1.165, 1.54) is 28.1 Å². The van der Waals surface area contributed by atoms with Gasteiger partial charge in [-0.15, -0.1) is 0 Å². The molecule has 0 spiro atoms. The van der Waals surface area contributed by atoms with E-state index in [2.05, 4.69) is 96.4 Å². The van der Waals surface area contributed by atoms with E-state index >= 15 is 0 Å². The summed E-state index contributed by atoms with van der Waals surface area (Å²) in [5.74, 6) is 0.497. The molecule has 0 saturated carbocycles. The Bertz CT molecular complexity index is 838. The van der Waals surface area contributed by atoms with Gasteiger partial charge in [0.2, 0.25) is 0 Å². The van der Waals surface area contributed by atoms with Crippen LogP contribution in [0.1, 0.15) is 36.3 Å². The van der Waals surface area contributed by atoms with Crippen LogP contribution in [0.3, 0.4) is 0 Å².